The minimum Gasteiger partial charge on any atom is -0.321 e. The molecule has 1 atom stereocenters. The van der Waals surface area contributed by atoms with Gasteiger partial charge in [0.25, 0.3) is 11.5 Å². The number of thiophene rings is 1. The van der Waals surface area contributed by atoms with E-state index in [4.69, 9.17) is 0 Å². The molecule has 1 amide bonds. The monoisotopic (exact) mass is 410 g/mol. The Hall–Kier alpha value is -2.51. The maximum absolute atomic E-state index is 12.9. The van der Waals surface area contributed by atoms with Gasteiger partial charge in [-0.15, -0.1) is 11.3 Å². The van der Waals surface area contributed by atoms with E-state index in [0.717, 1.165) is 18.8 Å². The largest absolute Gasteiger partial charge is 0.321 e. The number of fused-ring (bicyclic) bond motifs is 1. The second-order valence-corrected chi connectivity index (χ2v) is 8.86. The number of aromatic amines is 1. The van der Waals surface area contributed by atoms with Gasteiger partial charge in [0.2, 0.25) is 0 Å². The number of hydrogen-bond donors (Lipinski definition) is 2. The molecule has 152 valence electrons. The van der Waals surface area contributed by atoms with Gasteiger partial charge in [-0.05, 0) is 63.4 Å². The molecule has 3 aromatic rings. The summed E-state index contributed by atoms with van der Waals surface area (Å²) >= 11 is 1.26. The molecule has 1 fully saturated rings. The molecule has 6 nitrogen and oxygen atoms in total. The van der Waals surface area contributed by atoms with Gasteiger partial charge in [-0.2, -0.15) is 0 Å². The molecule has 1 saturated heterocycles. The third-order valence-corrected chi connectivity index (χ3v) is 6.82. The lowest BCUT2D eigenvalue weighted by molar-refractivity contribution is 0.103. The van der Waals surface area contributed by atoms with Crippen LogP contribution in [0, 0.1) is 13.8 Å². The van der Waals surface area contributed by atoms with Crippen molar-refractivity contribution in [2.75, 3.05) is 11.9 Å². The topological polar surface area (TPSA) is 78.1 Å². The number of anilines is 1. The number of rotatable bonds is 4. The number of aryl methyl sites for hydroxylation is 2. The number of likely N-dealkylation sites (tertiary alicyclic amines) is 1. The molecule has 0 spiro atoms. The van der Waals surface area contributed by atoms with E-state index in [1.54, 1.807) is 13.8 Å². The number of amides is 1. The highest BCUT2D eigenvalue weighted by Gasteiger charge is 2.20. The summed E-state index contributed by atoms with van der Waals surface area (Å²) in [7, 11) is 0. The van der Waals surface area contributed by atoms with E-state index in [1.165, 1.54) is 36.2 Å². The lowest BCUT2D eigenvalue weighted by atomic mass is 10.0. The first-order valence-electron chi connectivity index (χ1n) is 10.1. The first kappa shape index (κ1) is 19.8. The van der Waals surface area contributed by atoms with E-state index in [2.05, 4.69) is 33.2 Å². The number of carbonyl (C=O) groups excluding carboxylic acids is 1. The third kappa shape index (κ3) is 4.11. The van der Waals surface area contributed by atoms with Gasteiger partial charge in [-0.25, -0.2) is 4.98 Å². The summed E-state index contributed by atoms with van der Waals surface area (Å²) in [6.45, 7) is 7.84. The van der Waals surface area contributed by atoms with Gasteiger partial charge in [0, 0.05) is 18.3 Å². The van der Waals surface area contributed by atoms with Gasteiger partial charge in [0.15, 0.2) is 0 Å². The molecule has 2 aromatic heterocycles. The first-order valence-corrected chi connectivity index (χ1v) is 10.9. The van der Waals surface area contributed by atoms with Crippen LogP contribution in [-0.4, -0.2) is 33.4 Å². The molecule has 0 aliphatic carbocycles. The van der Waals surface area contributed by atoms with E-state index < -0.39 is 0 Å². The molecule has 4 rings (SSSR count). The summed E-state index contributed by atoms with van der Waals surface area (Å²) in [5.41, 5.74) is 2.44. The van der Waals surface area contributed by atoms with Crippen molar-refractivity contribution in [3.05, 3.63) is 56.4 Å². The van der Waals surface area contributed by atoms with Crippen LogP contribution < -0.4 is 10.9 Å². The van der Waals surface area contributed by atoms with Crippen molar-refractivity contribution in [2.24, 2.45) is 0 Å². The lowest BCUT2D eigenvalue weighted by Gasteiger charge is -2.33. The number of nitrogens with zero attached hydrogens (tertiary/aromatic N) is 2. The fraction of sp³-hybridized carbons (Fsp3) is 0.409. The molecule has 0 unspecified atom stereocenters. The molecule has 7 heteroatoms. The molecule has 3 heterocycles. The second-order valence-electron chi connectivity index (χ2n) is 7.86. The Morgan fingerprint density at radius 1 is 1.34 bits per heavy atom. The van der Waals surface area contributed by atoms with E-state index in [9.17, 15) is 9.59 Å². The fourth-order valence-corrected chi connectivity index (χ4v) is 5.15. The summed E-state index contributed by atoms with van der Waals surface area (Å²) < 4.78 is 0. The van der Waals surface area contributed by atoms with E-state index >= 15 is 0 Å². The van der Waals surface area contributed by atoms with Crippen molar-refractivity contribution in [1.29, 1.82) is 0 Å². The van der Waals surface area contributed by atoms with Gasteiger partial charge >= 0.3 is 0 Å². The van der Waals surface area contributed by atoms with Gasteiger partial charge in [-0.3, -0.25) is 14.5 Å². The zero-order valence-electron chi connectivity index (χ0n) is 17.0. The number of aromatic nitrogens is 2. The molecule has 1 aliphatic heterocycles. The van der Waals surface area contributed by atoms with Crippen LogP contribution in [0.2, 0.25) is 0 Å². The predicted octanol–water partition coefficient (Wildman–Crippen LogP) is 4.23. The summed E-state index contributed by atoms with van der Waals surface area (Å²) in [5.74, 6) is 0.349. The Morgan fingerprint density at radius 2 is 2.17 bits per heavy atom. The average Bonchev–Trinajstić information content (AvgIpc) is 3.00. The fourth-order valence-electron chi connectivity index (χ4n) is 4.03. The molecule has 0 radical (unpaired) electrons. The molecule has 2 N–H and O–H groups in total. The average molecular weight is 411 g/mol. The highest BCUT2D eigenvalue weighted by molar-refractivity contribution is 7.20. The van der Waals surface area contributed by atoms with E-state index in [-0.39, 0.29) is 11.5 Å². The number of carbonyl (C=O) groups is 1. The zero-order valence-corrected chi connectivity index (χ0v) is 17.9. The maximum Gasteiger partial charge on any atom is 0.266 e. The summed E-state index contributed by atoms with van der Waals surface area (Å²) in [6, 6.07) is 8.62. The highest BCUT2D eigenvalue weighted by atomic mass is 32.1. The smallest absolute Gasteiger partial charge is 0.266 e. The zero-order chi connectivity index (χ0) is 20.5. The van der Waals surface area contributed by atoms with Crippen molar-refractivity contribution in [3.8, 4) is 0 Å². The molecule has 0 saturated carbocycles. The van der Waals surface area contributed by atoms with Crippen molar-refractivity contribution in [3.63, 3.8) is 0 Å². The van der Waals surface area contributed by atoms with Gasteiger partial charge in [-0.1, -0.05) is 18.6 Å². The summed E-state index contributed by atoms with van der Waals surface area (Å²) in [5, 5.41) is 3.49. The predicted molar refractivity (Wildman–Crippen MR) is 118 cm³/mol. The number of piperidine rings is 1. The summed E-state index contributed by atoms with van der Waals surface area (Å²) in [4.78, 5) is 35.9. The Balaban J connectivity index is 1.54. The SMILES string of the molecule is Cc1nc2sc(C(=O)Nc3cccc(CN4CCCC[C@H]4C)c3)c(C)c2c(=O)[nH]1. The lowest BCUT2D eigenvalue weighted by Crippen LogP contribution is -2.36. The van der Waals surface area contributed by atoms with Crippen LogP contribution in [0.15, 0.2) is 29.1 Å². The maximum atomic E-state index is 12.9. The number of hydrogen-bond acceptors (Lipinski definition) is 5. The Bertz CT molecular complexity index is 1120. The minimum atomic E-state index is -0.203. The van der Waals surface area contributed by atoms with Crippen molar-refractivity contribution >= 4 is 33.1 Å². The highest BCUT2D eigenvalue weighted by Crippen LogP contribution is 2.28. The molecule has 0 bridgehead atoms. The molecular weight excluding hydrogens is 384 g/mol. The van der Waals surface area contributed by atoms with Gasteiger partial charge in [0.1, 0.15) is 10.7 Å². The molecular formula is C22H26N4O2S. The number of H-pyrrole nitrogens is 1. The summed E-state index contributed by atoms with van der Waals surface area (Å²) in [6.07, 6.45) is 3.80. The van der Waals surface area contributed by atoms with Crippen LogP contribution >= 0.6 is 11.3 Å². The van der Waals surface area contributed by atoms with Gasteiger partial charge in [0.05, 0.1) is 10.3 Å². The van der Waals surface area contributed by atoms with E-state index in [0.29, 0.717) is 32.5 Å². The normalized spacial score (nSPS) is 17.6. The van der Waals surface area contributed by atoms with Crippen LogP contribution in [0.4, 0.5) is 5.69 Å². The minimum absolute atomic E-state index is 0.196. The number of benzene rings is 1. The third-order valence-electron chi connectivity index (χ3n) is 5.64. The van der Waals surface area contributed by atoms with Crippen LogP contribution in [-0.2, 0) is 6.54 Å². The van der Waals surface area contributed by atoms with Crippen LogP contribution in [0.1, 0.15) is 52.8 Å². The van der Waals surface area contributed by atoms with Crippen LogP contribution in [0.3, 0.4) is 0 Å². The van der Waals surface area contributed by atoms with Crippen LogP contribution in [0.5, 0.6) is 0 Å². The molecule has 1 aromatic carbocycles. The molecule has 1 aliphatic rings. The Kier molecular flexibility index (Phi) is 5.52. The van der Waals surface area contributed by atoms with Crippen LogP contribution in [0.25, 0.3) is 10.2 Å². The Morgan fingerprint density at radius 3 is 2.97 bits per heavy atom. The van der Waals surface area contributed by atoms with Gasteiger partial charge < -0.3 is 10.3 Å². The standard InChI is InChI=1S/C22H26N4O2S/c1-13-7-4-5-10-26(13)12-16-8-6-9-17(11-16)25-21(28)19-14(2)18-20(27)23-15(3)24-22(18)29-19/h6,8-9,11,13H,4-5,7,10,12H2,1-3H3,(H,25,28)(H,23,24,27)/t13-/m1/s1. The molecule has 29 heavy (non-hydrogen) atoms. The number of nitrogens with one attached hydrogen (secondary N) is 2. The quantitative estimate of drug-likeness (QED) is 0.675. The first-order chi connectivity index (χ1) is 13.9. The van der Waals surface area contributed by atoms with E-state index in [1.807, 2.05) is 18.2 Å². The Labute approximate surface area is 174 Å². The van der Waals surface area contributed by atoms with Crippen molar-refractivity contribution in [2.45, 2.75) is 52.6 Å². The van der Waals surface area contributed by atoms with Crippen molar-refractivity contribution < 1.29 is 4.79 Å². The van der Waals surface area contributed by atoms with Crippen molar-refractivity contribution in [1.82, 2.24) is 14.9 Å². The second kappa shape index (κ2) is 8.08.